The lowest BCUT2D eigenvalue weighted by atomic mass is 10.1. The Balaban J connectivity index is 2.86. The van der Waals surface area contributed by atoms with Crippen molar-refractivity contribution < 1.29 is 4.79 Å². The van der Waals surface area contributed by atoms with Crippen LogP contribution >= 0.6 is 0 Å². The van der Waals surface area contributed by atoms with Gasteiger partial charge in [0.2, 0.25) is 0 Å². The summed E-state index contributed by atoms with van der Waals surface area (Å²) < 4.78 is 0. The zero-order valence-electron chi connectivity index (χ0n) is 8.22. The third kappa shape index (κ3) is 1.31. The number of likely N-dealkylation sites (N-methyl/N-ethyl adjacent to an activating group) is 1. The van der Waals surface area contributed by atoms with Crippen molar-refractivity contribution in [3.05, 3.63) is 12.3 Å². The number of hydrogen-bond donors (Lipinski definition) is 0. The monoisotopic (exact) mass is 168 g/mol. The topological polar surface area (TPSA) is 23.6 Å². The lowest BCUT2D eigenvalue weighted by molar-refractivity contribution is -0.123. The van der Waals surface area contributed by atoms with Gasteiger partial charge in [0.25, 0.3) is 5.91 Å². The van der Waals surface area contributed by atoms with Gasteiger partial charge in [0.15, 0.2) is 0 Å². The van der Waals surface area contributed by atoms with E-state index < -0.39 is 0 Å². The third-order valence-electron chi connectivity index (χ3n) is 2.08. The van der Waals surface area contributed by atoms with E-state index in [9.17, 15) is 4.79 Å². The van der Waals surface area contributed by atoms with Crippen LogP contribution in [0.2, 0.25) is 0 Å². The summed E-state index contributed by atoms with van der Waals surface area (Å²) in [6.45, 7) is 10.6. The Morgan fingerprint density at radius 2 is 1.92 bits per heavy atom. The highest BCUT2D eigenvalue weighted by molar-refractivity contribution is 5.94. The van der Waals surface area contributed by atoms with Gasteiger partial charge in [-0.1, -0.05) is 6.58 Å². The van der Waals surface area contributed by atoms with E-state index in [0.29, 0.717) is 12.4 Å². The molecule has 0 atom stereocenters. The fraction of sp³-hybridized carbons (Fsp3) is 0.667. The largest absolute Gasteiger partial charge is 0.345 e. The van der Waals surface area contributed by atoms with E-state index in [2.05, 4.69) is 27.4 Å². The van der Waals surface area contributed by atoms with E-state index in [4.69, 9.17) is 0 Å². The molecule has 0 N–H and O–H groups in total. The van der Waals surface area contributed by atoms with E-state index >= 15 is 0 Å². The summed E-state index contributed by atoms with van der Waals surface area (Å²) in [5.74, 6) is 0.0323. The third-order valence-corrected chi connectivity index (χ3v) is 2.08. The normalized spacial score (nSPS) is 19.3. The minimum Gasteiger partial charge on any atom is -0.345 e. The van der Waals surface area contributed by atoms with Crippen LogP contribution in [0.25, 0.3) is 0 Å². The number of rotatable bonds is 0. The molecule has 1 aliphatic heterocycles. The van der Waals surface area contributed by atoms with Gasteiger partial charge in [-0.05, 0) is 20.8 Å². The molecule has 1 saturated heterocycles. The van der Waals surface area contributed by atoms with E-state index in [-0.39, 0.29) is 11.4 Å². The number of hydrogen-bond acceptors (Lipinski definition) is 2. The first-order valence-corrected chi connectivity index (χ1v) is 4.06. The maximum absolute atomic E-state index is 11.3. The summed E-state index contributed by atoms with van der Waals surface area (Å²) in [6, 6.07) is 0. The van der Waals surface area contributed by atoms with Gasteiger partial charge < -0.3 is 9.80 Å². The van der Waals surface area contributed by atoms with Crippen LogP contribution in [-0.2, 0) is 4.79 Å². The van der Waals surface area contributed by atoms with Crippen LogP contribution in [0.1, 0.15) is 20.8 Å². The fourth-order valence-corrected chi connectivity index (χ4v) is 1.31. The molecule has 1 fully saturated rings. The van der Waals surface area contributed by atoms with Crippen molar-refractivity contribution in [1.29, 1.82) is 0 Å². The van der Waals surface area contributed by atoms with Crippen LogP contribution in [0, 0.1) is 0 Å². The molecule has 1 heterocycles. The molecule has 12 heavy (non-hydrogen) atoms. The van der Waals surface area contributed by atoms with Gasteiger partial charge in [-0.25, -0.2) is 0 Å². The Hall–Kier alpha value is -0.990. The average molecular weight is 168 g/mol. The summed E-state index contributed by atoms with van der Waals surface area (Å²) in [4.78, 5) is 15.0. The van der Waals surface area contributed by atoms with Crippen LogP contribution in [0.4, 0.5) is 0 Å². The summed E-state index contributed by atoms with van der Waals surface area (Å²) in [7, 11) is 1.79. The smallest absolute Gasteiger partial charge is 0.270 e. The molecule has 0 aromatic rings. The van der Waals surface area contributed by atoms with Gasteiger partial charge in [-0.2, -0.15) is 0 Å². The quantitative estimate of drug-likeness (QED) is 0.504. The maximum atomic E-state index is 11.3. The Morgan fingerprint density at radius 3 is 2.08 bits per heavy atom. The van der Waals surface area contributed by atoms with Gasteiger partial charge in [-0.3, -0.25) is 4.79 Å². The van der Waals surface area contributed by atoms with Crippen molar-refractivity contribution in [2.75, 3.05) is 13.7 Å². The van der Waals surface area contributed by atoms with E-state index in [1.807, 2.05) is 4.90 Å². The van der Waals surface area contributed by atoms with Crippen LogP contribution in [-0.4, -0.2) is 35.0 Å². The molecule has 0 aromatic carbocycles. The van der Waals surface area contributed by atoms with Crippen molar-refractivity contribution >= 4 is 5.91 Å². The molecule has 1 rings (SSSR count). The molecule has 3 heteroatoms. The van der Waals surface area contributed by atoms with Crippen molar-refractivity contribution in [2.24, 2.45) is 0 Å². The molecule has 0 spiro atoms. The molecule has 1 amide bonds. The van der Waals surface area contributed by atoms with Gasteiger partial charge in [-0.15, -0.1) is 0 Å². The second-order valence-corrected chi connectivity index (χ2v) is 4.19. The summed E-state index contributed by atoms with van der Waals surface area (Å²) >= 11 is 0. The van der Waals surface area contributed by atoms with E-state index in [1.165, 1.54) is 0 Å². The Bertz CT molecular complexity index is 227. The van der Waals surface area contributed by atoms with Crippen LogP contribution in [0.5, 0.6) is 0 Å². The zero-order valence-corrected chi connectivity index (χ0v) is 8.22. The minimum atomic E-state index is -0.0164. The first-order chi connectivity index (χ1) is 5.34. The minimum absolute atomic E-state index is 0.0164. The predicted octanol–water partition coefficient (Wildman–Crippen LogP) is 1.03. The van der Waals surface area contributed by atoms with Crippen LogP contribution in [0.15, 0.2) is 12.3 Å². The second kappa shape index (κ2) is 2.51. The first-order valence-electron chi connectivity index (χ1n) is 4.06. The van der Waals surface area contributed by atoms with Crippen molar-refractivity contribution in [2.45, 2.75) is 26.3 Å². The lowest BCUT2D eigenvalue weighted by Gasteiger charge is -2.32. The zero-order chi connectivity index (χ0) is 9.52. The molecule has 3 nitrogen and oxygen atoms in total. The summed E-state index contributed by atoms with van der Waals surface area (Å²) in [5, 5.41) is 0. The van der Waals surface area contributed by atoms with Crippen molar-refractivity contribution in [1.82, 2.24) is 9.80 Å². The standard InChI is InChI=1S/C9H16N2O/c1-7-8(12)10(5)6-11(7)9(2,3)4/h1,6H2,2-5H3. The molecule has 0 bridgehead atoms. The highest BCUT2D eigenvalue weighted by Crippen LogP contribution is 2.24. The molecule has 1 aliphatic rings. The number of carbonyl (C=O) groups is 1. The molecule has 0 aromatic heterocycles. The van der Waals surface area contributed by atoms with Gasteiger partial charge in [0.05, 0.1) is 12.4 Å². The number of amides is 1. The van der Waals surface area contributed by atoms with Crippen molar-refractivity contribution in [3.8, 4) is 0 Å². The number of nitrogens with zero attached hydrogens (tertiary/aromatic N) is 2. The Labute approximate surface area is 73.6 Å². The lowest BCUT2D eigenvalue weighted by Crippen LogP contribution is -2.39. The molecule has 68 valence electrons. The van der Waals surface area contributed by atoms with Crippen molar-refractivity contribution in [3.63, 3.8) is 0 Å². The molecule has 0 radical (unpaired) electrons. The SMILES string of the molecule is C=C1C(=O)N(C)CN1C(C)(C)C. The van der Waals surface area contributed by atoms with Gasteiger partial charge in [0.1, 0.15) is 0 Å². The summed E-state index contributed by atoms with van der Waals surface area (Å²) in [5.41, 5.74) is 0.585. The molecule has 0 aliphatic carbocycles. The van der Waals surface area contributed by atoms with E-state index in [0.717, 1.165) is 0 Å². The van der Waals surface area contributed by atoms with Crippen LogP contribution < -0.4 is 0 Å². The Morgan fingerprint density at radius 1 is 1.42 bits per heavy atom. The van der Waals surface area contributed by atoms with Crippen LogP contribution in [0.3, 0.4) is 0 Å². The van der Waals surface area contributed by atoms with Gasteiger partial charge in [0, 0.05) is 12.6 Å². The Kier molecular flexibility index (Phi) is 1.90. The highest BCUT2D eigenvalue weighted by Gasteiger charge is 2.34. The fourth-order valence-electron chi connectivity index (χ4n) is 1.31. The molecular weight excluding hydrogens is 152 g/mol. The predicted molar refractivity (Wildman–Crippen MR) is 48.4 cm³/mol. The molecule has 0 saturated carbocycles. The maximum Gasteiger partial charge on any atom is 0.270 e. The highest BCUT2D eigenvalue weighted by atomic mass is 16.2. The molecule has 0 unspecified atom stereocenters. The summed E-state index contributed by atoms with van der Waals surface area (Å²) in [6.07, 6.45) is 0. The second-order valence-electron chi connectivity index (χ2n) is 4.19. The first kappa shape index (κ1) is 9.10. The molecular formula is C9H16N2O. The van der Waals surface area contributed by atoms with E-state index in [1.54, 1.807) is 11.9 Å². The van der Waals surface area contributed by atoms with Gasteiger partial charge >= 0.3 is 0 Å². The number of carbonyl (C=O) groups excluding carboxylic acids is 1. The average Bonchev–Trinajstić information content (AvgIpc) is 2.15.